The van der Waals surface area contributed by atoms with E-state index in [2.05, 4.69) is 32.2 Å². The average Bonchev–Trinajstić information content (AvgIpc) is 2.88. The van der Waals surface area contributed by atoms with Gasteiger partial charge in [0.15, 0.2) is 0 Å². The Balaban J connectivity index is 1.62. The molecule has 0 saturated heterocycles. The van der Waals surface area contributed by atoms with E-state index in [1.165, 1.54) is 57.8 Å². The highest BCUT2D eigenvalue weighted by molar-refractivity contribution is 5.08. The standard InChI is InChI=1S/C22H34/c1-4-6-16-8-9-17-10-11-18-19-7-5-13-21(19,2)14-12-20(18)22(17,3)15-16/h6,16-20H,1,5,7-15H2,2-3H3/t16?,17?,18-,19-,20-,21-,22-/m0/s1. The molecule has 0 aromatic rings. The second-order valence-electron chi connectivity index (χ2n) is 9.65. The minimum Gasteiger partial charge on any atom is -0.133 e. The van der Waals surface area contributed by atoms with Gasteiger partial charge in [-0.15, -0.1) is 5.73 Å². The summed E-state index contributed by atoms with van der Waals surface area (Å²) in [6.07, 6.45) is 17.2. The van der Waals surface area contributed by atoms with Crippen LogP contribution < -0.4 is 0 Å². The van der Waals surface area contributed by atoms with Gasteiger partial charge in [-0.05, 0) is 104 Å². The van der Waals surface area contributed by atoms with Gasteiger partial charge in [0.1, 0.15) is 0 Å². The van der Waals surface area contributed by atoms with Gasteiger partial charge in [0.05, 0.1) is 0 Å². The molecular formula is C22H34. The van der Waals surface area contributed by atoms with Crippen molar-refractivity contribution in [2.45, 2.75) is 78.1 Å². The fourth-order valence-corrected chi connectivity index (χ4v) is 7.71. The predicted octanol–water partition coefficient (Wildman–Crippen LogP) is 6.38. The molecule has 0 nitrogen and oxygen atoms in total. The Kier molecular flexibility index (Phi) is 3.61. The molecule has 4 aliphatic rings. The first-order valence-electron chi connectivity index (χ1n) is 9.93. The van der Waals surface area contributed by atoms with Gasteiger partial charge in [0.2, 0.25) is 0 Å². The van der Waals surface area contributed by atoms with Gasteiger partial charge in [-0.1, -0.05) is 26.8 Å². The Labute approximate surface area is 137 Å². The van der Waals surface area contributed by atoms with E-state index in [4.69, 9.17) is 0 Å². The summed E-state index contributed by atoms with van der Waals surface area (Å²) >= 11 is 0. The molecule has 0 radical (unpaired) electrons. The zero-order valence-corrected chi connectivity index (χ0v) is 14.7. The Morgan fingerprint density at radius 3 is 2.59 bits per heavy atom. The SMILES string of the molecule is C=C=CC1CCC2CC[C@H]3[C@@H]4CCC[C@@]4(C)CC[C@@H]3[C@@]2(C)C1. The van der Waals surface area contributed by atoms with Gasteiger partial charge in [0, 0.05) is 0 Å². The molecule has 2 unspecified atom stereocenters. The summed E-state index contributed by atoms with van der Waals surface area (Å²) in [5.74, 6) is 4.89. The molecule has 22 heavy (non-hydrogen) atoms. The largest absolute Gasteiger partial charge is 0.133 e. The van der Waals surface area contributed by atoms with Gasteiger partial charge in [0.25, 0.3) is 0 Å². The van der Waals surface area contributed by atoms with Gasteiger partial charge >= 0.3 is 0 Å². The van der Waals surface area contributed by atoms with Crippen LogP contribution in [0, 0.1) is 40.4 Å². The van der Waals surface area contributed by atoms with Crippen molar-refractivity contribution in [1.82, 2.24) is 0 Å². The van der Waals surface area contributed by atoms with Crippen LogP contribution in [0.4, 0.5) is 0 Å². The molecule has 0 bridgehead atoms. The molecule has 0 spiro atoms. The molecule has 4 rings (SSSR count). The smallest absolute Gasteiger partial charge is 0.0152 e. The monoisotopic (exact) mass is 298 g/mol. The molecule has 0 heterocycles. The van der Waals surface area contributed by atoms with E-state index in [9.17, 15) is 0 Å². The maximum absolute atomic E-state index is 3.84. The molecule has 0 aromatic carbocycles. The summed E-state index contributed by atoms with van der Waals surface area (Å²) in [5.41, 5.74) is 4.41. The number of allylic oxidation sites excluding steroid dienone is 1. The van der Waals surface area contributed by atoms with Crippen molar-refractivity contribution in [3.05, 3.63) is 18.4 Å². The normalized spacial score (nSPS) is 53.8. The molecule has 0 amide bonds. The first-order valence-corrected chi connectivity index (χ1v) is 9.93. The van der Waals surface area contributed by atoms with Gasteiger partial charge in [-0.25, -0.2) is 0 Å². The van der Waals surface area contributed by atoms with Gasteiger partial charge in [-0.3, -0.25) is 0 Å². The van der Waals surface area contributed by atoms with E-state index in [0.717, 1.165) is 29.6 Å². The fraction of sp³-hybridized carbons (Fsp3) is 0.864. The lowest BCUT2D eigenvalue weighted by molar-refractivity contribution is -0.109. The molecule has 4 saturated carbocycles. The average molecular weight is 299 g/mol. The lowest BCUT2D eigenvalue weighted by Crippen LogP contribution is -2.52. The Bertz CT molecular complexity index is 484. The number of fused-ring (bicyclic) bond motifs is 5. The van der Waals surface area contributed by atoms with Gasteiger partial charge in [-0.2, -0.15) is 0 Å². The van der Waals surface area contributed by atoms with Crippen LogP contribution in [0.25, 0.3) is 0 Å². The fourth-order valence-electron chi connectivity index (χ4n) is 7.71. The zero-order chi connectivity index (χ0) is 15.4. The lowest BCUT2D eigenvalue weighted by atomic mass is 9.44. The molecule has 4 aliphatic carbocycles. The van der Waals surface area contributed by atoms with Crippen molar-refractivity contribution < 1.29 is 0 Å². The third-order valence-electron chi connectivity index (χ3n) is 8.79. The van der Waals surface area contributed by atoms with Crippen LogP contribution in [0.15, 0.2) is 18.4 Å². The summed E-state index contributed by atoms with van der Waals surface area (Å²) in [6.45, 7) is 9.14. The predicted molar refractivity (Wildman–Crippen MR) is 93.5 cm³/mol. The second-order valence-corrected chi connectivity index (χ2v) is 9.65. The maximum atomic E-state index is 3.84. The topological polar surface area (TPSA) is 0 Å². The molecule has 7 atom stereocenters. The maximum Gasteiger partial charge on any atom is -0.0152 e. The van der Waals surface area contributed by atoms with Crippen molar-refractivity contribution >= 4 is 0 Å². The lowest BCUT2D eigenvalue weighted by Gasteiger charge is -2.60. The van der Waals surface area contributed by atoms with Crippen molar-refractivity contribution in [3.8, 4) is 0 Å². The number of hydrogen-bond acceptors (Lipinski definition) is 0. The summed E-state index contributed by atoms with van der Waals surface area (Å²) in [7, 11) is 0. The summed E-state index contributed by atoms with van der Waals surface area (Å²) in [4.78, 5) is 0. The number of hydrogen-bond donors (Lipinski definition) is 0. The van der Waals surface area contributed by atoms with E-state index in [1.807, 2.05) is 0 Å². The highest BCUT2D eigenvalue weighted by atomic mass is 14.6. The molecular weight excluding hydrogens is 264 g/mol. The van der Waals surface area contributed by atoms with Crippen LogP contribution in [0.1, 0.15) is 78.1 Å². The quantitative estimate of drug-likeness (QED) is 0.493. The molecule has 4 fully saturated rings. The summed E-state index contributed by atoms with van der Waals surface area (Å²) in [6, 6.07) is 0. The molecule has 0 aromatic heterocycles. The van der Waals surface area contributed by atoms with Crippen molar-refractivity contribution in [2.24, 2.45) is 40.4 Å². The molecule has 0 N–H and O–H groups in total. The van der Waals surface area contributed by atoms with Crippen LogP contribution in [-0.4, -0.2) is 0 Å². The Morgan fingerprint density at radius 1 is 0.955 bits per heavy atom. The second kappa shape index (κ2) is 5.27. The van der Waals surface area contributed by atoms with Crippen LogP contribution in [-0.2, 0) is 0 Å². The van der Waals surface area contributed by atoms with Crippen molar-refractivity contribution in [3.63, 3.8) is 0 Å². The summed E-state index contributed by atoms with van der Waals surface area (Å²) < 4.78 is 0. The molecule has 122 valence electrons. The third-order valence-corrected chi connectivity index (χ3v) is 8.79. The van der Waals surface area contributed by atoms with Crippen LogP contribution in [0.3, 0.4) is 0 Å². The first-order chi connectivity index (χ1) is 10.6. The Hall–Kier alpha value is -0.480. The highest BCUT2D eigenvalue weighted by Crippen LogP contribution is 2.66. The van der Waals surface area contributed by atoms with Crippen molar-refractivity contribution in [1.29, 1.82) is 0 Å². The van der Waals surface area contributed by atoms with E-state index in [1.54, 1.807) is 6.42 Å². The highest BCUT2D eigenvalue weighted by Gasteiger charge is 2.57. The van der Waals surface area contributed by atoms with Gasteiger partial charge < -0.3 is 0 Å². The van der Waals surface area contributed by atoms with Crippen LogP contribution in [0.2, 0.25) is 0 Å². The van der Waals surface area contributed by atoms with E-state index in [0.29, 0.717) is 10.8 Å². The van der Waals surface area contributed by atoms with E-state index < -0.39 is 0 Å². The number of rotatable bonds is 1. The molecule has 0 aliphatic heterocycles. The van der Waals surface area contributed by atoms with Crippen molar-refractivity contribution in [2.75, 3.05) is 0 Å². The zero-order valence-electron chi connectivity index (χ0n) is 14.7. The van der Waals surface area contributed by atoms with Crippen LogP contribution in [0.5, 0.6) is 0 Å². The summed E-state index contributed by atoms with van der Waals surface area (Å²) in [5, 5.41) is 0. The van der Waals surface area contributed by atoms with Crippen LogP contribution >= 0.6 is 0 Å². The Morgan fingerprint density at radius 2 is 1.77 bits per heavy atom. The minimum atomic E-state index is 0.614. The minimum absolute atomic E-state index is 0.614. The van der Waals surface area contributed by atoms with E-state index in [-0.39, 0.29) is 0 Å². The first kappa shape index (κ1) is 15.1. The third kappa shape index (κ3) is 2.10. The van der Waals surface area contributed by atoms with E-state index >= 15 is 0 Å². The molecule has 0 heteroatoms.